The first-order valence-corrected chi connectivity index (χ1v) is 13.1. The van der Waals surface area contributed by atoms with Crippen LogP contribution in [0.15, 0.2) is 53.4 Å². The Morgan fingerprint density at radius 1 is 0.818 bits per heavy atom. The lowest BCUT2D eigenvalue weighted by Crippen LogP contribution is -2.23. The van der Waals surface area contributed by atoms with Gasteiger partial charge in [0, 0.05) is 12.8 Å². The molecule has 0 aliphatic heterocycles. The van der Waals surface area contributed by atoms with Crippen LogP contribution in [0.2, 0.25) is 0 Å². The molecule has 33 heavy (non-hydrogen) atoms. The Bertz CT molecular complexity index is 961. The van der Waals surface area contributed by atoms with Gasteiger partial charge in [0.25, 0.3) is 0 Å². The largest absolute Gasteiger partial charge is 0.493 e. The Hall–Kier alpha value is -2.38. The number of carbonyl (C=O) groups excluding carboxylic acids is 1. The van der Waals surface area contributed by atoms with Gasteiger partial charge in [-0.15, -0.1) is 0 Å². The summed E-state index contributed by atoms with van der Waals surface area (Å²) in [5.41, 5.74) is 2.12. The van der Waals surface area contributed by atoms with Gasteiger partial charge in [-0.05, 0) is 75.4 Å². The quantitative estimate of drug-likeness (QED) is 0.318. The van der Waals surface area contributed by atoms with Crippen LogP contribution in [0, 0.1) is 0 Å². The number of esters is 1. The molecule has 2 N–H and O–H groups in total. The van der Waals surface area contributed by atoms with Gasteiger partial charge in [-0.2, -0.15) is 0 Å². The highest BCUT2D eigenvalue weighted by Crippen LogP contribution is 2.16. The van der Waals surface area contributed by atoms with E-state index in [9.17, 15) is 13.2 Å². The topological polar surface area (TPSA) is 95.7 Å². The molecular weight excluding hydrogens is 438 g/mol. The van der Waals surface area contributed by atoms with E-state index in [0.717, 1.165) is 44.9 Å². The lowest BCUT2D eigenvalue weighted by atomic mass is 10.0. The number of rotatable bonds is 13. The molecule has 0 saturated heterocycles. The third-order valence-electron chi connectivity index (χ3n) is 5.10. The predicted octanol–water partition coefficient (Wildman–Crippen LogP) is 5.18. The molecular formula is C26H37NO5S. The molecule has 0 heterocycles. The van der Waals surface area contributed by atoms with Crippen LogP contribution < -0.4 is 9.88 Å². The van der Waals surface area contributed by atoms with Crippen molar-refractivity contribution in [2.45, 2.75) is 82.6 Å². The van der Waals surface area contributed by atoms with Crippen molar-refractivity contribution in [1.82, 2.24) is 0 Å². The number of primary sulfonamides is 1. The molecule has 0 saturated carbocycles. The summed E-state index contributed by atoms with van der Waals surface area (Å²) in [7, 11) is -3.68. The van der Waals surface area contributed by atoms with Crippen LogP contribution in [0.5, 0.6) is 5.75 Å². The van der Waals surface area contributed by atoms with Crippen molar-refractivity contribution >= 4 is 16.0 Å². The summed E-state index contributed by atoms with van der Waals surface area (Å²) in [6.07, 6.45) is 7.72. The summed E-state index contributed by atoms with van der Waals surface area (Å²) in [4.78, 5) is 11.8. The van der Waals surface area contributed by atoms with E-state index < -0.39 is 15.6 Å². The zero-order valence-corrected chi connectivity index (χ0v) is 20.8. The lowest BCUT2D eigenvalue weighted by molar-refractivity contribution is -0.154. The highest BCUT2D eigenvalue weighted by Gasteiger charge is 2.15. The van der Waals surface area contributed by atoms with Gasteiger partial charge in [0.2, 0.25) is 10.0 Å². The van der Waals surface area contributed by atoms with Gasteiger partial charge in [-0.3, -0.25) is 4.79 Å². The number of ether oxygens (including phenoxy) is 2. The van der Waals surface area contributed by atoms with Crippen molar-refractivity contribution in [2.24, 2.45) is 5.14 Å². The average molecular weight is 476 g/mol. The fourth-order valence-electron chi connectivity index (χ4n) is 3.41. The number of sulfonamides is 1. The minimum absolute atomic E-state index is 0.0752. The molecule has 0 aromatic heterocycles. The van der Waals surface area contributed by atoms with E-state index in [1.807, 2.05) is 20.8 Å². The number of aryl methyl sites for hydroxylation is 1. The first-order chi connectivity index (χ1) is 15.5. The van der Waals surface area contributed by atoms with Crippen molar-refractivity contribution in [3.8, 4) is 5.75 Å². The average Bonchev–Trinajstić information content (AvgIpc) is 2.72. The highest BCUT2D eigenvalue weighted by molar-refractivity contribution is 7.89. The Labute approximate surface area is 198 Å². The normalized spacial score (nSPS) is 11.9. The van der Waals surface area contributed by atoms with Crippen molar-refractivity contribution < 1.29 is 22.7 Å². The minimum Gasteiger partial charge on any atom is -0.493 e. The smallest absolute Gasteiger partial charge is 0.306 e. The second-order valence-corrected chi connectivity index (χ2v) is 10.8. The number of nitrogens with two attached hydrogens (primary N) is 1. The van der Waals surface area contributed by atoms with E-state index in [-0.39, 0.29) is 10.9 Å². The molecule has 2 aromatic rings. The van der Waals surface area contributed by atoms with Gasteiger partial charge in [0.15, 0.2) is 0 Å². The van der Waals surface area contributed by atoms with E-state index in [2.05, 4.69) is 24.3 Å². The maximum Gasteiger partial charge on any atom is 0.306 e. The van der Waals surface area contributed by atoms with Crippen LogP contribution in [0.4, 0.5) is 0 Å². The maximum absolute atomic E-state index is 11.7. The Kier molecular flexibility index (Phi) is 10.4. The van der Waals surface area contributed by atoms with Gasteiger partial charge in [0.05, 0.1) is 11.5 Å². The summed E-state index contributed by atoms with van der Waals surface area (Å²) in [5.74, 6) is 0.512. The van der Waals surface area contributed by atoms with Gasteiger partial charge in [-0.1, -0.05) is 43.5 Å². The van der Waals surface area contributed by atoms with Crippen LogP contribution in [0.1, 0.15) is 70.4 Å². The van der Waals surface area contributed by atoms with Gasteiger partial charge < -0.3 is 9.47 Å². The molecule has 0 fully saturated rings. The number of unbranched alkanes of at least 4 members (excludes halogenated alkanes) is 4. The third kappa shape index (κ3) is 11.3. The van der Waals surface area contributed by atoms with Gasteiger partial charge >= 0.3 is 5.97 Å². The summed E-state index contributed by atoms with van der Waals surface area (Å²) in [5, 5.41) is 5.10. The first-order valence-electron chi connectivity index (χ1n) is 11.6. The molecule has 0 radical (unpaired) electrons. The van der Waals surface area contributed by atoms with Crippen LogP contribution >= 0.6 is 0 Å². The molecule has 0 unspecified atom stereocenters. The third-order valence-corrected chi connectivity index (χ3v) is 6.03. The number of benzene rings is 2. The maximum atomic E-state index is 11.7. The predicted molar refractivity (Wildman–Crippen MR) is 131 cm³/mol. The number of hydrogen-bond donors (Lipinski definition) is 1. The first kappa shape index (κ1) is 26.9. The molecule has 7 heteroatoms. The SMILES string of the molecule is CC(C)(C)OC(=O)CCCCCCCc1ccc(CCOc2ccc(S(N)(=O)=O)cc2)cc1. The molecule has 0 amide bonds. The standard InChI is InChI=1S/C26H37NO5S/c1-26(2,3)32-25(28)10-8-6-4-5-7-9-21-11-13-22(14-12-21)19-20-31-23-15-17-24(18-16-23)33(27,29)30/h11-18H,4-10,19-20H2,1-3H3,(H2,27,29,30). The fraction of sp³-hybridized carbons (Fsp3) is 0.500. The van der Waals surface area contributed by atoms with E-state index >= 15 is 0 Å². The Morgan fingerprint density at radius 3 is 1.94 bits per heavy atom. The molecule has 0 aliphatic rings. The lowest BCUT2D eigenvalue weighted by Gasteiger charge is -2.19. The summed E-state index contributed by atoms with van der Waals surface area (Å²) in [6.45, 7) is 6.19. The minimum atomic E-state index is -3.68. The molecule has 2 aromatic carbocycles. The van der Waals surface area contributed by atoms with Crippen molar-refractivity contribution in [3.63, 3.8) is 0 Å². The zero-order chi connectivity index (χ0) is 24.3. The monoisotopic (exact) mass is 475 g/mol. The molecule has 0 aliphatic carbocycles. The molecule has 2 rings (SSSR count). The molecule has 6 nitrogen and oxygen atoms in total. The van der Waals surface area contributed by atoms with Crippen molar-refractivity contribution in [3.05, 3.63) is 59.7 Å². The summed E-state index contributed by atoms with van der Waals surface area (Å²) >= 11 is 0. The number of hydrogen-bond acceptors (Lipinski definition) is 5. The van der Waals surface area contributed by atoms with Crippen LogP contribution in [-0.2, 0) is 32.4 Å². The highest BCUT2D eigenvalue weighted by atomic mass is 32.2. The zero-order valence-electron chi connectivity index (χ0n) is 20.0. The van der Waals surface area contributed by atoms with Crippen LogP contribution in [0.25, 0.3) is 0 Å². The Morgan fingerprint density at radius 2 is 1.36 bits per heavy atom. The van der Waals surface area contributed by atoms with E-state index in [0.29, 0.717) is 18.8 Å². The Balaban J connectivity index is 1.58. The molecule has 0 spiro atoms. The fourth-order valence-corrected chi connectivity index (χ4v) is 3.92. The number of carbonyl (C=O) groups is 1. The van der Waals surface area contributed by atoms with E-state index in [1.54, 1.807) is 12.1 Å². The van der Waals surface area contributed by atoms with Crippen LogP contribution in [-0.4, -0.2) is 26.6 Å². The second kappa shape index (κ2) is 12.8. The molecule has 182 valence electrons. The van der Waals surface area contributed by atoms with E-state index in [1.165, 1.54) is 23.3 Å². The van der Waals surface area contributed by atoms with Crippen LogP contribution in [0.3, 0.4) is 0 Å². The summed E-state index contributed by atoms with van der Waals surface area (Å²) in [6, 6.07) is 14.7. The summed E-state index contributed by atoms with van der Waals surface area (Å²) < 4.78 is 33.6. The van der Waals surface area contributed by atoms with E-state index in [4.69, 9.17) is 14.6 Å². The second-order valence-electron chi connectivity index (χ2n) is 9.29. The van der Waals surface area contributed by atoms with Gasteiger partial charge in [-0.25, -0.2) is 13.6 Å². The molecule has 0 bridgehead atoms. The van der Waals surface area contributed by atoms with Crippen molar-refractivity contribution in [1.29, 1.82) is 0 Å². The van der Waals surface area contributed by atoms with Gasteiger partial charge in [0.1, 0.15) is 11.4 Å². The molecule has 0 atom stereocenters. The van der Waals surface area contributed by atoms with Crippen molar-refractivity contribution in [2.75, 3.05) is 6.61 Å².